The van der Waals surface area contributed by atoms with Crippen molar-refractivity contribution in [3.05, 3.63) is 89.5 Å². The second-order valence-electron chi connectivity index (χ2n) is 12.3. The van der Waals surface area contributed by atoms with E-state index in [1.165, 1.54) is 111 Å². The normalized spacial score (nSPS) is 19.0. The molecule has 218 valence electrons. The molecular weight excluding hydrogens is 524 g/mol. The van der Waals surface area contributed by atoms with Crippen molar-refractivity contribution in [1.29, 1.82) is 0 Å². The first-order chi connectivity index (χ1) is 20.1. The molecule has 4 heteroatoms. The Bertz CT molecular complexity index is 1050. The van der Waals surface area contributed by atoms with E-state index in [1.54, 1.807) is 16.7 Å². The highest BCUT2D eigenvalue weighted by Gasteiger charge is 2.30. The fourth-order valence-electron chi connectivity index (χ4n) is 7.34. The van der Waals surface area contributed by atoms with Crippen LogP contribution in [0.15, 0.2) is 87.5 Å². The Hall–Kier alpha value is -2.72. The Morgan fingerprint density at radius 2 is 0.707 bits per heavy atom. The molecule has 0 aliphatic heterocycles. The number of benzene rings is 3. The van der Waals surface area contributed by atoms with Crippen molar-refractivity contribution >= 4 is 17.1 Å². The standard InChI is InChI=1S/C36H45S.CH2O3/c1-4-10-28(11-5-1)31-16-22-34(23-17-31)37(35-24-18-32(19-25-35)29-12-6-2-7-13-29)36-26-20-33(21-27-36)30-14-8-3-9-15-30;2-1(3)4/h16-30H,1-15H2;(H2,2,3,4)/q+1;/p-1. The van der Waals surface area contributed by atoms with Crippen molar-refractivity contribution < 1.29 is 15.0 Å². The van der Waals surface area contributed by atoms with Crippen LogP contribution in [0.4, 0.5) is 4.79 Å². The lowest BCUT2D eigenvalue weighted by Gasteiger charge is -2.23. The van der Waals surface area contributed by atoms with Crippen LogP contribution in [0.2, 0.25) is 0 Å². The molecule has 3 nitrogen and oxygen atoms in total. The lowest BCUT2D eigenvalue weighted by atomic mass is 9.84. The van der Waals surface area contributed by atoms with Crippen LogP contribution in [0.3, 0.4) is 0 Å². The van der Waals surface area contributed by atoms with E-state index in [4.69, 9.17) is 15.0 Å². The molecule has 0 atom stereocenters. The molecule has 0 unspecified atom stereocenters. The molecule has 3 aromatic carbocycles. The zero-order valence-electron chi connectivity index (χ0n) is 24.4. The molecule has 3 aliphatic rings. The fraction of sp³-hybridized carbons (Fsp3) is 0.486. The van der Waals surface area contributed by atoms with E-state index >= 15 is 0 Å². The number of rotatable bonds is 6. The minimum absolute atomic E-state index is 0.0542. The largest absolute Gasteiger partial charge is 0.565 e. The molecule has 41 heavy (non-hydrogen) atoms. The number of hydrogen-bond acceptors (Lipinski definition) is 2. The van der Waals surface area contributed by atoms with Gasteiger partial charge in [-0.1, -0.05) is 94.2 Å². The number of carboxylic acid groups (broad SMARTS) is 2. The van der Waals surface area contributed by atoms with Gasteiger partial charge in [-0.3, -0.25) is 0 Å². The minimum Gasteiger partial charge on any atom is -0.565 e. The van der Waals surface area contributed by atoms with Crippen molar-refractivity contribution in [2.45, 2.75) is 129 Å². The molecule has 0 radical (unpaired) electrons. The first-order valence-corrected chi connectivity index (χ1v) is 17.2. The fourth-order valence-corrected chi connectivity index (χ4v) is 9.39. The van der Waals surface area contributed by atoms with Gasteiger partial charge in [-0.05, 0) is 109 Å². The Labute approximate surface area is 249 Å². The van der Waals surface area contributed by atoms with E-state index in [0.717, 1.165) is 17.8 Å². The van der Waals surface area contributed by atoms with E-state index in [2.05, 4.69) is 72.8 Å². The van der Waals surface area contributed by atoms with E-state index in [1.807, 2.05) is 0 Å². The lowest BCUT2D eigenvalue weighted by molar-refractivity contribution is -0.275. The predicted octanol–water partition coefficient (Wildman–Crippen LogP) is 9.81. The Balaban J connectivity index is 0.000000794. The van der Waals surface area contributed by atoms with Gasteiger partial charge >= 0.3 is 0 Å². The van der Waals surface area contributed by atoms with Crippen LogP contribution in [0.25, 0.3) is 0 Å². The smallest absolute Gasteiger partial charge is 0.249 e. The second kappa shape index (κ2) is 15.0. The van der Waals surface area contributed by atoms with E-state index < -0.39 is 6.16 Å². The van der Waals surface area contributed by atoms with Gasteiger partial charge < -0.3 is 15.0 Å². The maximum absolute atomic E-state index is 8.44. The average Bonchev–Trinajstić information content (AvgIpc) is 3.03. The molecule has 3 aromatic rings. The molecule has 0 spiro atoms. The zero-order valence-corrected chi connectivity index (χ0v) is 25.3. The molecule has 6 rings (SSSR count). The molecule has 0 amide bonds. The zero-order chi connectivity index (χ0) is 28.4. The third-order valence-corrected chi connectivity index (χ3v) is 11.8. The van der Waals surface area contributed by atoms with Gasteiger partial charge in [0.1, 0.15) is 0 Å². The van der Waals surface area contributed by atoms with Gasteiger partial charge in [0.05, 0.1) is 10.9 Å². The molecule has 3 fully saturated rings. The van der Waals surface area contributed by atoms with Crippen LogP contribution < -0.4 is 5.11 Å². The van der Waals surface area contributed by atoms with Crippen molar-refractivity contribution in [2.75, 3.05) is 0 Å². The number of hydrogen-bond donors (Lipinski definition) is 1. The van der Waals surface area contributed by atoms with Crippen LogP contribution in [-0.2, 0) is 10.9 Å². The highest BCUT2D eigenvalue weighted by molar-refractivity contribution is 7.97. The van der Waals surface area contributed by atoms with Gasteiger partial charge in [0, 0.05) is 0 Å². The summed E-state index contributed by atoms with van der Waals surface area (Å²) in [5, 5.41) is 15.3. The molecule has 0 heterocycles. The lowest BCUT2D eigenvalue weighted by Crippen LogP contribution is -2.17. The van der Waals surface area contributed by atoms with E-state index in [9.17, 15) is 0 Å². The summed E-state index contributed by atoms with van der Waals surface area (Å²) in [6.45, 7) is 0. The van der Waals surface area contributed by atoms with Gasteiger partial charge in [-0.15, -0.1) is 0 Å². The van der Waals surface area contributed by atoms with E-state index in [0.29, 0.717) is 0 Å². The minimum atomic E-state index is -2.08. The Kier molecular flexibility index (Phi) is 10.9. The van der Waals surface area contributed by atoms with Crippen LogP contribution in [0.1, 0.15) is 131 Å². The third-order valence-electron chi connectivity index (χ3n) is 9.58. The Morgan fingerprint density at radius 1 is 0.488 bits per heavy atom. The molecular formula is C37H46O3S. The van der Waals surface area contributed by atoms with Crippen molar-refractivity contribution in [3.63, 3.8) is 0 Å². The van der Waals surface area contributed by atoms with E-state index in [-0.39, 0.29) is 10.9 Å². The summed E-state index contributed by atoms with van der Waals surface area (Å²) in [6.07, 6.45) is 18.8. The summed E-state index contributed by atoms with van der Waals surface area (Å²) >= 11 is 0. The van der Waals surface area contributed by atoms with Crippen LogP contribution >= 0.6 is 0 Å². The maximum atomic E-state index is 8.44. The second-order valence-corrected chi connectivity index (χ2v) is 14.3. The van der Waals surface area contributed by atoms with Gasteiger partial charge in [-0.25, -0.2) is 0 Å². The van der Waals surface area contributed by atoms with Gasteiger partial charge in [0.15, 0.2) is 14.7 Å². The first kappa shape index (κ1) is 29.8. The first-order valence-electron chi connectivity index (χ1n) is 16.0. The monoisotopic (exact) mass is 570 g/mol. The molecule has 3 aliphatic carbocycles. The van der Waals surface area contributed by atoms with Gasteiger partial charge in [0.25, 0.3) is 0 Å². The molecule has 3 saturated carbocycles. The summed E-state index contributed by atoms with van der Waals surface area (Å²) in [5.74, 6) is 2.32. The highest BCUT2D eigenvalue weighted by atomic mass is 32.2. The molecule has 0 bridgehead atoms. The highest BCUT2D eigenvalue weighted by Crippen LogP contribution is 2.39. The van der Waals surface area contributed by atoms with Crippen molar-refractivity contribution in [2.24, 2.45) is 0 Å². The van der Waals surface area contributed by atoms with Gasteiger partial charge in [-0.2, -0.15) is 0 Å². The topological polar surface area (TPSA) is 60.4 Å². The number of carbonyl (C=O) groups is 1. The SMILES string of the molecule is O=C([O-])O.c1cc([S+](c2ccc(C3CCCCC3)cc2)c2ccc(C3CCCCC3)cc2)ccc1C1CCCCC1. The predicted molar refractivity (Wildman–Crippen MR) is 167 cm³/mol. The molecule has 0 saturated heterocycles. The quantitative estimate of drug-likeness (QED) is 0.300. The van der Waals surface area contributed by atoms with Gasteiger partial charge in [0.2, 0.25) is 6.16 Å². The third kappa shape index (κ3) is 8.19. The molecule has 0 aromatic heterocycles. The van der Waals surface area contributed by atoms with Crippen molar-refractivity contribution in [3.8, 4) is 0 Å². The average molecular weight is 571 g/mol. The summed E-state index contributed by atoms with van der Waals surface area (Å²) < 4.78 is 0. The summed E-state index contributed by atoms with van der Waals surface area (Å²) in [6, 6.07) is 29.5. The summed E-state index contributed by atoms with van der Waals surface area (Å²) in [4.78, 5) is 12.8. The molecule has 1 N–H and O–H groups in total. The van der Waals surface area contributed by atoms with Crippen molar-refractivity contribution in [1.82, 2.24) is 0 Å². The maximum Gasteiger partial charge on any atom is 0.249 e. The summed E-state index contributed by atoms with van der Waals surface area (Å²) in [5.41, 5.74) is 4.69. The van der Waals surface area contributed by atoms with Crippen LogP contribution in [0, 0.1) is 0 Å². The van der Waals surface area contributed by atoms with Crippen LogP contribution in [0.5, 0.6) is 0 Å². The van der Waals surface area contributed by atoms with Crippen LogP contribution in [-0.4, -0.2) is 11.3 Å². The Morgan fingerprint density at radius 3 is 0.927 bits per heavy atom. The summed E-state index contributed by atoms with van der Waals surface area (Å²) in [7, 11) is -0.0542.